The molecule has 4 rings (SSSR count). The fourth-order valence-corrected chi connectivity index (χ4v) is 3.89. The smallest absolute Gasteiger partial charge is 0.253 e. The van der Waals surface area contributed by atoms with Crippen LogP contribution < -0.4 is 5.32 Å². The lowest BCUT2D eigenvalue weighted by Gasteiger charge is -2.18. The van der Waals surface area contributed by atoms with E-state index in [1.54, 1.807) is 29.3 Å². The lowest BCUT2D eigenvalue weighted by atomic mass is 9.88. The first-order valence-corrected chi connectivity index (χ1v) is 9.89. The molecule has 1 aliphatic heterocycles. The molecule has 0 unspecified atom stereocenters. The van der Waals surface area contributed by atoms with Crippen LogP contribution in [0.3, 0.4) is 0 Å². The number of nitrogens with zero attached hydrogens (tertiary/aromatic N) is 2. The summed E-state index contributed by atoms with van der Waals surface area (Å²) in [5.41, 5.74) is 2.05. The van der Waals surface area contributed by atoms with Crippen LogP contribution in [0, 0.1) is 11.7 Å². The normalized spacial score (nSPS) is 18.2. The third kappa shape index (κ3) is 4.38. The molecule has 2 aromatic carbocycles. The molecular weight excluding hydrogens is 381 g/mol. The van der Waals surface area contributed by atoms with Gasteiger partial charge >= 0.3 is 0 Å². The molecule has 0 saturated carbocycles. The lowest BCUT2D eigenvalue weighted by Crippen LogP contribution is -2.35. The number of hydrogen-bond acceptors (Lipinski definition) is 3. The zero-order valence-electron chi connectivity index (χ0n) is 16.4. The Labute approximate surface area is 174 Å². The summed E-state index contributed by atoms with van der Waals surface area (Å²) in [6.07, 6.45) is 1.67. The second-order valence-electron chi connectivity index (χ2n) is 7.38. The van der Waals surface area contributed by atoms with Gasteiger partial charge in [0, 0.05) is 30.8 Å². The van der Waals surface area contributed by atoms with Crippen LogP contribution in [0.1, 0.15) is 27.5 Å². The van der Waals surface area contributed by atoms with Crippen LogP contribution in [-0.4, -0.2) is 34.8 Å². The van der Waals surface area contributed by atoms with Gasteiger partial charge in [-0.05, 0) is 42.0 Å². The summed E-state index contributed by atoms with van der Waals surface area (Å²) in [4.78, 5) is 31.9. The van der Waals surface area contributed by atoms with Gasteiger partial charge in [-0.15, -0.1) is 0 Å². The van der Waals surface area contributed by atoms with E-state index in [1.807, 2.05) is 42.5 Å². The number of aromatic nitrogens is 1. The van der Waals surface area contributed by atoms with E-state index in [0.717, 1.165) is 11.3 Å². The van der Waals surface area contributed by atoms with Crippen LogP contribution in [0.4, 0.5) is 4.39 Å². The van der Waals surface area contributed by atoms with E-state index in [1.165, 1.54) is 12.1 Å². The molecule has 2 heterocycles. The number of carbonyl (C=O) groups is 2. The van der Waals surface area contributed by atoms with Gasteiger partial charge in [-0.25, -0.2) is 4.39 Å². The van der Waals surface area contributed by atoms with E-state index < -0.39 is 5.92 Å². The molecule has 6 heteroatoms. The van der Waals surface area contributed by atoms with Crippen molar-refractivity contribution >= 4 is 11.8 Å². The number of carbonyl (C=O) groups excluding carboxylic acids is 2. The van der Waals surface area contributed by atoms with Crippen LogP contribution in [-0.2, 0) is 11.3 Å². The highest BCUT2D eigenvalue weighted by Gasteiger charge is 2.40. The highest BCUT2D eigenvalue weighted by molar-refractivity contribution is 5.95. The molecule has 0 aliphatic carbocycles. The van der Waals surface area contributed by atoms with Crippen molar-refractivity contribution in [2.75, 3.05) is 13.1 Å². The molecule has 1 saturated heterocycles. The molecular formula is C24H22FN3O2. The topological polar surface area (TPSA) is 62.3 Å². The summed E-state index contributed by atoms with van der Waals surface area (Å²) < 4.78 is 13.8. The second-order valence-corrected chi connectivity index (χ2v) is 7.38. The number of likely N-dealkylation sites (tertiary alicyclic amines) is 1. The number of hydrogen-bond donors (Lipinski definition) is 1. The van der Waals surface area contributed by atoms with Gasteiger partial charge < -0.3 is 10.2 Å². The van der Waals surface area contributed by atoms with Gasteiger partial charge in [0.05, 0.1) is 18.2 Å². The standard InChI is InChI=1S/C24H22FN3O2/c25-19-10-6-9-18(13-19)21-15-28(24(30)17-7-2-1-3-8-17)16-22(21)23(29)27-14-20-11-4-5-12-26-20/h1-13,21-22H,14-16H2,(H,27,29)/t21-,22-/m0/s1. The Balaban J connectivity index is 1.55. The average molecular weight is 403 g/mol. The number of amides is 2. The van der Waals surface area contributed by atoms with Gasteiger partial charge in [-0.2, -0.15) is 0 Å². The minimum Gasteiger partial charge on any atom is -0.350 e. The van der Waals surface area contributed by atoms with E-state index >= 15 is 0 Å². The largest absolute Gasteiger partial charge is 0.350 e. The summed E-state index contributed by atoms with van der Waals surface area (Å²) >= 11 is 0. The maximum absolute atomic E-state index is 13.8. The zero-order chi connectivity index (χ0) is 20.9. The first-order valence-electron chi connectivity index (χ1n) is 9.89. The van der Waals surface area contributed by atoms with Crippen LogP contribution >= 0.6 is 0 Å². The molecule has 30 heavy (non-hydrogen) atoms. The van der Waals surface area contributed by atoms with Crippen molar-refractivity contribution in [3.63, 3.8) is 0 Å². The SMILES string of the molecule is O=C(NCc1ccccn1)[C@H]1CN(C(=O)c2ccccc2)C[C@H]1c1cccc(F)c1. The first-order chi connectivity index (χ1) is 14.6. The van der Waals surface area contributed by atoms with Crippen molar-refractivity contribution < 1.29 is 14.0 Å². The molecule has 1 aliphatic rings. The Morgan fingerprint density at radius 2 is 1.80 bits per heavy atom. The van der Waals surface area contributed by atoms with E-state index in [4.69, 9.17) is 0 Å². The van der Waals surface area contributed by atoms with Gasteiger partial charge in [-0.1, -0.05) is 36.4 Å². The number of halogens is 1. The van der Waals surface area contributed by atoms with Crippen molar-refractivity contribution in [2.45, 2.75) is 12.5 Å². The van der Waals surface area contributed by atoms with Crippen molar-refractivity contribution in [3.8, 4) is 0 Å². The van der Waals surface area contributed by atoms with Crippen molar-refractivity contribution in [1.29, 1.82) is 0 Å². The Bertz CT molecular complexity index is 1030. The Kier molecular flexibility index (Phi) is 5.84. The quantitative estimate of drug-likeness (QED) is 0.710. The van der Waals surface area contributed by atoms with Gasteiger partial charge in [0.2, 0.25) is 5.91 Å². The van der Waals surface area contributed by atoms with Gasteiger partial charge in [0.15, 0.2) is 0 Å². The molecule has 1 N–H and O–H groups in total. The molecule has 1 fully saturated rings. The van der Waals surface area contributed by atoms with Crippen LogP contribution in [0.5, 0.6) is 0 Å². The summed E-state index contributed by atoms with van der Waals surface area (Å²) in [6.45, 7) is 0.945. The zero-order valence-corrected chi connectivity index (χ0v) is 16.4. The number of nitrogens with one attached hydrogen (secondary N) is 1. The molecule has 0 radical (unpaired) electrons. The molecule has 0 bridgehead atoms. The van der Waals surface area contributed by atoms with Crippen LogP contribution in [0.25, 0.3) is 0 Å². The molecule has 5 nitrogen and oxygen atoms in total. The van der Waals surface area contributed by atoms with E-state index in [0.29, 0.717) is 18.7 Å². The molecule has 152 valence electrons. The molecule has 2 amide bonds. The van der Waals surface area contributed by atoms with Crippen molar-refractivity contribution in [2.24, 2.45) is 5.92 Å². The fourth-order valence-electron chi connectivity index (χ4n) is 3.89. The third-order valence-corrected chi connectivity index (χ3v) is 5.41. The first kappa shape index (κ1) is 19.8. The summed E-state index contributed by atoms with van der Waals surface area (Å²) in [5, 5.41) is 2.92. The lowest BCUT2D eigenvalue weighted by molar-refractivity contribution is -0.125. The fraction of sp³-hybridized carbons (Fsp3) is 0.208. The average Bonchev–Trinajstić information content (AvgIpc) is 3.24. The predicted octanol–water partition coefficient (Wildman–Crippen LogP) is 3.39. The monoisotopic (exact) mass is 403 g/mol. The van der Waals surface area contributed by atoms with Gasteiger partial charge in [-0.3, -0.25) is 14.6 Å². The molecule has 2 atom stereocenters. The minimum atomic E-state index is -0.469. The summed E-state index contributed by atoms with van der Waals surface area (Å²) in [5.74, 6) is -1.40. The van der Waals surface area contributed by atoms with Crippen molar-refractivity contribution in [1.82, 2.24) is 15.2 Å². The van der Waals surface area contributed by atoms with E-state index in [-0.39, 0.29) is 30.1 Å². The van der Waals surface area contributed by atoms with Gasteiger partial charge in [0.25, 0.3) is 5.91 Å². The van der Waals surface area contributed by atoms with E-state index in [9.17, 15) is 14.0 Å². The van der Waals surface area contributed by atoms with Crippen LogP contribution in [0.15, 0.2) is 79.0 Å². The number of benzene rings is 2. The van der Waals surface area contributed by atoms with Crippen molar-refractivity contribution in [3.05, 3.63) is 102 Å². The summed E-state index contributed by atoms with van der Waals surface area (Å²) in [7, 11) is 0. The van der Waals surface area contributed by atoms with E-state index in [2.05, 4.69) is 10.3 Å². The second kappa shape index (κ2) is 8.86. The number of pyridine rings is 1. The Morgan fingerprint density at radius 1 is 1.00 bits per heavy atom. The summed E-state index contributed by atoms with van der Waals surface area (Å²) in [6, 6.07) is 20.8. The molecule has 0 spiro atoms. The Hall–Kier alpha value is -3.54. The van der Waals surface area contributed by atoms with Gasteiger partial charge in [0.1, 0.15) is 5.82 Å². The maximum Gasteiger partial charge on any atom is 0.253 e. The van der Waals surface area contributed by atoms with Crippen LogP contribution in [0.2, 0.25) is 0 Å². The maximum atomic E-state index is 13.8. The predicted molar refractivity (Wildman–Crippen MR) is 111 cm³/mol. The Morgan fingerprint density at radius 3 is 2.53 bits per heavy atom. The highest BCUT2D eigenvalue weighted by atomic mass is 19.1. The molecule has 1 aromatic heterocycles. The molecule has 3 aromatic rings. The third-order valence-electron chi connectivity index (χ3n) is 5.41. The number of rotatable bonds is 5. The highest BCUT2D eigenvalue weighted by Crippen LogP contribution is 2.34. The minimum absolute atomic E-state index is 0.128.